The van der Waals surface area contributed by atoms with Gasteiger partial charge in [-0.25, -0.2) is 9.59 Å². The summed E-state index contributed by atoms with van der Waals surface area (Å²) < 4.78 is 5.42. The van der Waals surface area contributed by atoms with Crippen molar-refractivity contribution in [2.45, 2.75) is 289 Å². The van der Waals surface area contributed by atoms with E-state index in [0.29, 0.717) is 92.3 Å². The van der Waals surface area contributed by atoms with Crippen molar-refractivity contribution in [3.63, 3.8) is 0 Å². The van der Waals surface area contributed by atoms with E-state index in [4.69, 9.17) is 50.7 Å². The van der Waals surface area contributed by atoms with Gasteiger partial charge in [0.15, 0.2) is 5.79 Å². The molecule has 470 valence electrons. The van der Waals surface area contributed by atoms with E-state index < -0.39 is 17.7 Å². The molecule has 7 aliphatic carbocycles. The van der Waals surface area contributed by atoms with Gasteiger partial charge in [0.2, 0.25) is 0 Å². The van der Waals surface area contributed by atoms with Crippen LogP contribution in [0.25, 0.3) is 0 Å². The molecule has 18 heteroatoms. The molecule has 0 aliphatic heterocycles. The van der Waals surface area contributed by atoms with E-state index in [9.17, 15) is 40.2 Å². The van der Waals surface area contributed by atoms with Crippen LogP contribution in [0, 0.1) is 47.8 Å². The number of rotatable bonds is 6. The molecule has 7 saturated carbocycles. The van der Waals surface area contributed by atoms with Crippen molar-refractivity contribution < 1.29 is 90.9 Å². The van der Waals surface area contributed by atoms with Crippen LogP contribution < -0.4 is 0 Å². The number of carboxylic acid groups (broad SMARTS) is 2. The Balaban J connectivity index is 0.000000458. The van der Waals surface area contributed by atoms with Crippen molar-refractivity contribution in [1.82, 2.24) is 0 Å². The maximum Gasteiger partial charge on any atom is 0.335 e. The van der Waals surface area contributed by atoms with Crippen LogP contribution in [0.4, 0.5) is 0 Å². The average Bonchev–Trinajstić information content (AvgIpc) is 3.39. The van der Waals surface area contributed by atoms with E-state index in [1.54, 1.807) is 6.92 Å². The molecular formula is C62H114O18. The van der Waals surface area contributed by atoms with Gasteiger partial charge in [-0.05, 0) is 201 Å². The van der Waals surface area contributed by atoms with E-state index in [1.165, 1.54) is 12.1 Å². The monoisotopic (exact) mass is 1150 g/mol. The van der Waals surface area contributed by atoms with Crippen molar-refractivity contribution in [2.24, 2.45) is 40.9 Å². The molecule has 15 N–H and O–H groups in total. The molecule has 0 saturated heterocycles. The van der Waals surface area contributed by atoms with Crippen LogP contribution in [-0.4, -0.2) is 175 Å². The Kier molecular flexibility index (Phi) is 37.1. The number of hydrogen-bond acceptors (Lipinski definition) is 16. The Hall–Kier alpha value is -2.40. The topological polar surface area (TPSA) is 347 Å². The van der Waals surface area contributed by atoms with Gasteiger partial charge in [0.05, 0.1) is 78.3 Å². The average molecular weight is 1150 g/mol. The summed E-state index contributed by atoms with van der Waals surface area (Å²) in [4.78, 5) is 21.1. The van der Waals surface area contributed by atoms with Crippen molar-refractivity contribution in [2.75, 3.05) is 13.2 Å². The standard InChI is InChI=1S/C9H8O4.5C8H16O2.C7H14O2.C6H12O2/c1-5-2-3-6(8(10)11)4-7(5)9(12)13;1-5-3-7(9)4-8(10)6(5)2;1-5-3-6(2)8(10)4-7(5)9;1-8(2)4-3-6(9)5-7(8)10;1-2-10-8-5-3-7(9)4-6-8;1-2-6-3-4-7(9)5-8(6)10;8-5-6-1-3-7(9)4-2-6;7-6(8)4-2-1-3-5-6/h2-4H,1H3,(H,10,11)(H,12,13);2*5-10H,3-4H2,1-2H3;6-7,9-10H,3-5H2,1-2H3;7-9H,2-6H2,1H3;6-10H,2-5H2,1H3;6-9H,1-5H2;7-8H,1-5H2. The molecule has 7 fully saturated rings. The summed E-state index contributed by atoms with van der Waals surface area (Å²) in [6, 6.07) is 4.01. The third kappa shape index (κ3) is 30.9. The highest BCUT2D eigenvalue weighted by Crippen LogP contribution is 2.36. The lowest BCUT2D eigenvalue weighted by Crippen LogP contribution is -2.38. The summed E-state index contributed by atoms with van der Waals surface area (Å²) in [5.74, 6) is -1.13. The van der Waals surface area contributed by atoms with E-state index in [-0.39, 0.29) is 77.6 Å². The predicted molar refractivity (Wildman–Crippen MR) is 309 cm³/mol. The highest BCUT2D eigenvalue weighted by atomic mass is 16.5. The molecule has 1 aromatic carbocycles. The zero-order chi connectivity index (χ0) is 60.9. The number of ether oxygens (including phenoxy) is 1. The second kappa shape index (κ2) is 39.3. The fourth-order valence-electron chi connectivity index (χ4n) is 11.2. The number of aliphatic hydroxyl groups is 13. The molecule has 0 radical (unpaired) electrons. The number of carbonyl (C=O) groups is 2. The fraction of sp³-hybridized carbons (Fsp3) is 0.871. The SMILES string of the molecule is CC1(C)CCC(O)CC1O.CC1CC(C)C(O)CC1O.CC1CC(O)CC(O)C1C.CCC1CCC(O)CC1O.CCOC1CCC(O)CC1.Cc1ccc(C(=O)O)cc1C(=O)O.OC1(O)CCCCC1.OCC1CCC(O)CC1. The molecule has 8 rings (SSSR count). The van der Waals surface area contributed by atoms with Gasteiger partial charge in [0.25, 0.3) is 0 Å². The number of benzene rings is 1. The Morgan fingerprint density at radius 1 is 0.550 bits per heavy atom. The smallest absolute Gasteiger partial charge is 0.335 e. The van der Waals surface area contributed by atoms with Crippen LogP contribution in [0.5, 0.6) is 0 Å². The van der Waals surface area contributed by atoms with Crippen molar-refractivity contribution in [3.05, 3.63) is 34.9 Å². The number of carboxylic acids is 2. The molecule has 0 heterocycles. The predicted octanol–water partition coefficient (Wildman–Crippen LogP) is 7.26. The van der Waals surface area contributed by atoms with E-state index in [1.807, 2.05) is 41.5 Å². The molecule has 0 aromatic heterocycles. The molecule has 1 aromatic rings. The Morgan fingerprint density at radius 2 is 1.06 bits per heavy atom. The fourth-order valence-corrected chi connectivity index (χ4v) is 11.2. The number of aryl methyl sites for hydroxylation is 1. The van der Waals surface area contributed by atoms with Gasteiger partial charge >= 0.3 is 11.9 Å². The second-order valence-corrected chi connectivity index (χ2v) is 25.2. The van der Waals surface area contributed by atoms with Gasteiger partial charge in [0.1, 0.15) is 0 Å². The number of hydrogen-bond donors (Lipinski definition) is 15. The summed E-state index contributed by atoms with van der Waals surface area (Å²) in [6.45, 7) is 19.1. The van der Waals surface area contributed by atoms with Crippen LogP contribution >= 0.6 is 0 Å². The normalized spacial score (nSPS) is 35.2. The molecule has 13 unspecified atom stereocenters. The Bertz CT molecular complexity index is 1730. The quantitative estimate of drug-likeness (QED) is 0.125. The summed E-state index contributed by atoms with van der Waals surface area (Å²) >= 11 is 0. The van der Waals surface area contributed by atoms with Gasteiger partial charge in [0, 0.05) is 26.1 Å². The molecule has 7 aliphatic rings. The molecule has 80 heavy (non-hydrogen) atoms. The lowest BCUT2D eigenvalue weighted by Gasteiger charge is -2.37. The second-order valence-electron chi connectivity index (χ2n) is 25.2. The van der Waals surface area contributed by atoms with Crippen LogP contribution in [0.1, 0.15) is 236 Å². The zero-order valence-corrected chi connectivity index (χ0v) is 50.4. The first-order chi connectivity index (χ1) is 37.4. The molecular weight excluding hydrogens is 1030 g/mol. The lowest BCUT2D eigenvalue weighted by molar-refractivity contribution is -0.180. The van der Waals surface area contributed by atoms with Crippen LogP contribution in [0.2, 0.25) is 0 Å². The number of aliphatic hydroxyl groups excluding tert-OH is 11. The van der Waals surface area contributed by atoms with Crippen LogP contribution in [0.3, 0.4) is 0 Å². The largest absolute Gasteiger partial charge is 0.478 e. The first-order valence-corrected chi connectivity index (χ1v) is 30.4. The van der Waals surface area contributed by atoms with Crippen molar-refractivity contribution in [1.29, 1.82) is 0 Å². The minimum Gasteiger partial charge on any atom is -0.478 e. The van der Waals surface area contributed by atoms with Gasteiger partial charge in [-0.3, -0.25) is 0 Å². The summed E-state index contributed by atoms with van der Waals surface area (Å²) in [5.41, 5.74) is 0.583. The highest BCUT2D eigenvalue weighted by Gasteiger charge is 2.35. The molecule has 13 atom stereocenters. The van der Waals surface area contributed by atoms with Crippen LogP contribution in [-0.2, 0) is 4.74 Å². The number of aromatic carboxylic acids is 2. The third-order valence-corrected chi connectivity index (χ3v) is 17.7. The van der Waals surface area contributed by atoms with Gasteiger partial charge in [-0.15, -0.1) is 0 Å². The zero-order valence-electron chi connectivity index (χ0n) is 50.4. The first-order valence-electron chi connectivity index (χ1n) is 30.4. The first kappa shape index (κ1) is 75.6. The van der Waals surface area contributed by atoms with Crippen molar-refractivity contribution >= 4 is 11.9 Å². The van der Waals surface area contributed by atoms with Gasteiger partial charge < -0.3 is 81.3 Å². The third-order valence-electron chi connectivity index (χ3n) is 17.7. The lowest BCUT2D eigenvalue weighted by atomic mass is 9.74. The summed E-state index contributed by atoms with van der Waals surface area (Å²) in [5, 5.41) is 136. The van der Waals surface area contributed by atoms with Gasteiger partial charge in [-0.1, -0.05) is 67.4 Å². The minimum atomic E-state index is -1.32. The highest BCUT2D eigenvalue weighted by molar-refractivity contribution is 5.94. The summed E-state index contributed by atoms with van der Waals surface area (Å²) in [6.07, 6.45) is 18.6. The molecule has 0 bridgehead atoms. The molecule has 18 nitrogen and oxygen atoms in total. The Labute approximate surface area is 479 Å². The maximum absolute atomic E-state index is 10.6. The van der Waals surface area contributed by atoms with E-state index in [0.717, 1.165) is 128 Å². The van der Waals surface area contributed by atoms with E-state index >= 15 is 0 Å². The molecule has 0 spiro atoms. The Morgan fingerprint density at radius 3 is 1.48 bits per heavy atom. The minimum absolute atomic E-state index is 0.0111. The van der Waals surface area contributed by atoms with Crippen LogP contribution in [0.15, 0.2) is 18.2 Å². The van der Waals surface area contributed by atoms with Gasteiger partial charge in [-0.2, -0.15) is 0 Å². The van der Waals surface area contributed by atoms with E-state index in [2.05, 4.69) is 13.8 Å². The maximum atomic E-state index is 10.6. The van der Waals surface area contributed by atoms with Crippen molar-refractivity contribution in [3.8, 4) is 0 Å². The summed E-state index contributed by atoms with van der Waals surface area (Å²) in [7, 11) is 0. The molecule has 0 amide bonds.